The van der Waals surface area contributed by atoms with Gasteiger partial charge in [0.15, 0.2) is 0 Å². The number of nitrogens with one attached hydrogen (secondary N) is 1. The highest BCUT2D eigenvalue weighted by atomic mass is 32.2. The van der Waals surface area contributed by atoms with Crippen molar-refractivity contribution in [3.05, 3.63) is 64.0 Å². The van der Waals surface area contributed by atoms with E-state index >= 15 is 0 Å². The number of nitriles is 1. The number of alkyl halides is 9. The number of hydrogen-bond acceptors (Lipinski definition) is 5. The van der Waals surface area contributed by atoms with E-state index in [4.69, 9.17) is 0 Å². The molecule has 1 N–H and O–H groups in total. The van der Waals surface area contributed by atoms with E-state index in [0.717, 1.165) is 11.3 Å². The van der Waals surface area contributed by atoms with E-state index in [9.17, 15) is 49.6 Å². The van der Waals surface area contributed by atoms with Crippen LogP contribution in [0.25, 0.3) is 10.6 Å². The van der Waals surface area contributed by atoms with Gasteiger partial charge < -0.3 is 5.32 Å². The zero-order valence-electron chi connectivity index (χ0n) is 17.3. The Morgan fingerprint density at radius 3 is 2.06 bits per heavy atom. The van der Waals surface area contributed by atoms with E-state index in [1.54, 1.807) is 11.4 Å². The SMILES string of the molecule is N#Cc1c(C(F)(F)F)cc(-c2cccs2)nc1SCC(=O)Nc1cc(C(F)(F)F)cc(C(F)(F)F)c1. The molecule has 0 fully saturated rings. The van der Waals surface area contributed by atoms with Crippen molar-refractivity contribution in [3.8, 4) is 16.6 Å². The van der Waals surface area contributed by atoms with Gasteiger partial charge in [0.05, 0.1) is 38.6 Å². The summed E-state index contributed by atoms with van der Waals surface area (Å²) in [6.07, 6.45) is -15.2. The minimum Gasteiger partial charge on any atom is -0.325 e. The maximum Gasteiger partial charge on any atom is 0.417 e. The average molecular weight is 555 g/mol. The predicted octanol–water partition coefficient (Wildman–Crippen LogP) is 7.47. The molecule has 0 unspecified atom stereocenters. The summed E-state index contributed by atoms with van der Waals surface area (Å²) in [5.74, 6) is -1.89. The third-order valence-electron chi connectivity index (χ3n) is 4.39. The van der Waals surface area contributed by atoms with Gasteiger partial charge in [0.2, 0.25) is 5.91 Å². The number of aromatic nitrogens is 1. The van der Waals surface area contributed by atoms with E-state index in [1.165, 1.54) is 12.1 Å². The second-order valence-corrected chi connectivity index (χ2v) is 8.87. The molecule has 3 aromatic rings. The zero-order valence-corrected chi connectivity index (χ0v) is 18.9. The molecule has 15 heteroatoms. The van der Waals surface area contributed by atoms with Crippen molar-refractivity contribution in [2.45, 2.75) is 23.6 Å². The lowest BCUT2D eigenvalue weighted by atomic mass is 10.1. The van der Waals surface area contributed by atoms with Gasteiger partial charge >= 0.3 is 18.5 Å². The monoisotopic (exact) mass is 555 g/mol. The Labute approximate surface area is 204 Å². The summed E-state index contributed by atoms with van der Waals surface area (Å²) in [4.78, 5) is 16.6. The molecule has 1 amide bonds. The van der Waals surface area contributed by atoms with Gasteiger partial charge in [-0.25, -0.2) is 4.98 Å². The number of amides is 1. The van der Waals surface area contributed by atoms with Crippen molar-refractivity contribution in [1.82, 2.24) is 4.98 Å². The fraction of sp³-hybridized carbons (Fsp3) is 0.190. The molecule has 4 nitrogen and oxygen atoms in total. The molecular formula is C21H10F9N3OS2. The standard InChI is InChI=1S/C21H10F9N3OS2/c22-19(23,24)10-4-11(20(25,26)27)6-12(5-10)32-17(34)9-36-18-13(8-31)14(21(28,29)30)7-15(33-18)16-2-1-3-35-16/h1-7H,9H2,(H,32,34). The number of benzene rings is 1. The van der Waals surface area contributed by atoms with Crippen molar-refractivity contribution in [1.29, 1.82) is 5.26 Å². The van der Waals surface area contributed by atoms with Gasteiger partial charge in [0.25, 0.3) is 0 Å². The second kappa shape index (κ2) is 10.0. The number of nitrogens with zero attached hydrogens (tertiary/aromatic N) is 2. The molecule has 0 atom stereocenters. The van der Waals surface area contributed by atoms with Gasteiger partial charge in [0.1, 0.15) is 11.1 Å². The van der Waals surface area contributed by atoms with E-state index in [1.807, 2.05) is 5.32 Å². The summed E-state index contributed by atoms with van der Waals surface area (Å²) in [5.41, 5.74) is -6.45. The first-order valence-corrected chi connectivity index (χ1v) is 11.2. The average Bonchev–Trinajstić information content (AvgIpc) is 3.30. The van der Waals surface area contributed by atoms with Gasteiger partial charge in [0, 0.05) is 5.69 Å². The minimum atomic E-state index is -5.14. The maximum absolute atomic E-state index is 13.5. The Kier molecular flexibility index (Phi) is 7.61. The molecule has 0 saturated carbocycles. The number of halogens is 9. The number of hydrogen-bond donors (Lipinski definition) is 1. The molecule has 0 bridgehead atoms. The Morgan fingerprint density at radius 2 is 1.58 bits per heavy atom. The molecule has 0 saturated heterocycles. The number of pyridine rings is 1. The van der Waals surface area contributed by atoms with Gasteiger partial charge in [-0.05, 0) is 35.7 Å². The molecule has 0 aliphatic rings. The third-order valence-corrected chi connectivity index (χ3v) is 6.26. The summed E-state index contributed by atoms with van der Waals surface area (Å²) < 4.78 is 119. The summed E-state index contributed by atoms with van der Waals surface area (Å²) >= 11 is 1.44. The topological polar surface area (TPSA) is 65.8 Å². The van der Waals surface area contributed by atoms with Crippen LogP contribution in [0, 0.1) is 11.3 Å². The summed E-state index contributed by atoms with van der Waals surface area (Å²) in [7, 11) is 0. The molecule has 36 heavy (non-hydrogen) atoms. The Bertz CT molecular complexity index is 1280. The number of anilines is 1. The van der Waals surface area contributed by atoms with E-state index in [-0.39, 0.29) is 23.9 Å². The van der Waals surface area contributed by atoms with Crippen molar-refractivity contribution in [2.24, 2.45) is 0 Å². The molecular weight excluding hydrogens is 545 g/mol. The van der Waals surface area contributed by atoms with Crippen LogP contribution in [0.15, 0.2) is 46.8 Å². The smallest absolute Gasteiger partial charge is 0.325 e. The largest absolute Gasteiger partial charge is 0.417 e. The highest BCUT2D eigenvalue weighted by molar-refractivity contribution is 8.00. The van der Waals surface area contributed by atoms with E-state index < -0.39 is 63.2 Å². The molecule has 3 rings (SSSR count). The Hall–Kier alpha value is -3.25. The molecule has 0 spiro atoms. The van der Waals surface area contributed by atoms with E-state index in [0.29, 0.717) is 22.7 Å². The Morgan fingerprint density at radius 1 is 0.972 bits per heavy atom. The maximum atomic E-state index is 13.5. The number of carbonyl (C=O) groups excluding carboxylic acids is 1. The van der Waals surface area contributed by atoms with Crippen LogP contribution in [-0.4, -0.2) is 16.6 Å². The molecule has 0 aliphatic carbocycles. The number of rotatable bonds is 5. The van der Waals surface area contributed by atoms with Crippen molar-refractivity contribution in [3.63, 3.8) is 0 Å². The molecule has 0 aliphatic heterocycles. The summed E-state index contributed by atoms with van der Waals surface area (Å²) in [5, 5.41) is 12.3. The molecule has 2 aromatic heterocycles. The predicted molar refractivity (Wildman–Crippen MR) is 113 cm³/mol. The van der Waals surface area contributed by atoms with Crippen molar-refractivity contribution in [2.75, 3.05) is 11.1 Å². The lowest BCUT2D eigenvalue weighted by Crippen LogP contribution is -2.17. The highest BCUT2D eigenvalue weighted by Gasteiger charge is 2.38. The molecule has 1 aromatic carbocycles. The number of carbonyl (C=O) groups is 1. The van der Waals surface area contributed by atoms with Gasteiger partial charge in [-0.15, -0.1) is 11.3 Å². The summed E-state index contributed by atoms with van der Waals surface area (Å²) in [6, 6.07) is 5.54. The lowest BCUT2D eigenvalue weighted by Gasteiger charge is -2.15. The fourth-order valence-electron chi connectivity index (χ4n) is 2.87. The third kappa shape index (κ3) is 6.49. The first-order chi connectivity index (χ1) is 16.6. The normalized spacial score (nSPS) is 12.3. The van der Waals surface area contributed by atoms with Crippen LogP contribution in [0.5, 0.6) is 0 Å². The number of thiophene rings is 1. The van der Waals surface area contributed by atoms with E-state index in [2.05, 4.69) is 4.98 Å². The lowest BCUT2D eigenvalue weighted by molar-refractivity contribution is -0.143. The van der Waals surface area contributed by atoms with Crippen LogP contribution in [0.1, 0.15) is 22.3 Å². The van der Waals surface area contributed by atoms with Crippen LogP contribution in [0.2, 0.25) is 0 Å². The quantitative estimate of drug-likeness (QED) is 0.262. The number of thioether (sulfide) groups is 1. The zero-order chi connectivity index (χ0) is 26.9. The van der Waals surface area contributed by atoms with Crippen LogP contribution >= 0.6 is 23.1 Å². The molecule has 190 valence electrons. The van der Waals surface area contributed by atoms with Crippen LogP contribution in [0.3, 0.4) is 0 Å². The van der Waals surface area contributed by atoms with Crippen molar-refractivity contribution >= 4 is 34.7 Å². The van der Waals surface area contributed by atoms with Crippen LogP contribution in [0.4, 0.5) is 45.2 Å². The molecule has 0 radical (unpaired) electrons. The highest BCUT2D eigenvalue weighted by Crippen LogP contribution is 2.40. The first-order valence-electron chi connectivity index (χ1n) is 9.38. The van der Waals surface area contributed by atoms with Gasteiger partial charge in [-0.3, -0.25) is 4.79 Å². The van der Waals surface area contributed by atoms with Crippen LogP contribution < -0.4 is 5.32 Å². The fourth-order valence-corrected chi connectivity index (χ4v) is 4.36. The molecule has 2 heterocycles. The van der Waals surface area contributed by atoms with Gasteiger partial charge in [-0.2, -0.15) is 44.8 Å². The second-order valence-electron chi connectivity index (χ2n) is 6.95. The minimum absolute atomic E-state index is 0.123. The van der Waals surface area contributed by atoms with Crippen molar-refractivity contribution < 1.29 is 44.3 Å². The van der Waals surface area contributed by atoms with Crippen LogP contribution in [-0.2, 0) is 23.3 Å². The first kappa shape index (κ1) is 27.3. The summed E-state index contributed by atoms with van der Waals surface area (Å²) in [6.45, 7) is 0. The van der Waals surface area contributed by atoms with Gasteiger partial charge in [-0.1, -0.05) is 17.8 Å². The Balaban J connectivity index is 1.90.